The molecule has 1 N–H and O–H groups in total. The van der Waals surface area contributed by atoms with Crippen LogP contribution in [-0.2, 0) is 10.1 Å². The first-order valence-corrected chi connectivity index (χ1v) is 5.16. The van der Waals surface area contributed by atoms with Gasteiger partial charge in [-0.15, -0.1) is 0 Å². The monoisotopic (exact) mass is 212 g/mol. The van der Waals surface area contributed by atoms with Gasteiger partial charge < -0.3 is 0 Å². The van der Waals surface area contributed by atoms with Crippen molar-refractivity contribution in [3.05, 3.63) is 60.6 Å². The van der Waals surface area contributed by atoms with Crippen LogP contribution in [0.2, 0.25) is 0 Å². The number of allylic oxidation sites excluding steroid dienone is 6. The molecule has 0 fully saturated rings. The van der Waals surface area contributed by atoms with Crippen LogP contribution in [0.5, 0.6) is 0 Å². The van der Waals surface area contributed by atoms with Crippen molar-refractivity contribution in [1.29, 1.82) is 0 Å². The number of hydrogen-bond acceptors (Lipinski definition) is 2. The molecule has 0 aliphatic carbocycles. The molecule has 0 aromatic heterocycles. The summed E-state index contributed by atoms with van der Waals surface area (Å²) in [5.41, 5.74) is 0.646. The van der Waals surface area contributed by atoms with E-state index in [1.807, 2.05) is 0 Å². The summed E-state index contributed by atoms with van der Waals surface area (Å²) in [6, 6.07) is 0. The second-order valence-electron chi connectivity index (χ2n) is 2.32. The van der Waals surface area contributed by atoms with Gasteiger partial charge in [0.25, 0.3) is 10.1 Å². The summed E-state index contributed by atoms with van der Waals surface area (Å²) >= 11 is 0. The van der Waals surface area contributed by atoms with Crippen LogP contribution in [0.1, 0.15) is 0 Å². The van der Waals surface area contributed by atoms with Crippen LogP contribution in [0.15, 0.2) is 60.6 Å². The zero-order chi connectivity index (χ0) is 11.2. The molecule has 0 radical (unpaired) electrons. The molecular formula is C10H12O3S. The fourth-order valence-corrected chi connectivity index (χ4v) is 1.11. The highest BCUT2D eigenvalue weighted by Gasteiger charge is 2.07. The molecule has 0 saturated carbocycles. The lowest BCUT2D eigenvalue weighted by Crippen LogP contribution is -1.98. The molecule has 0 spiro atoms. The Morgan fingerprint density at radius 3 is 1.79 bits per heavy atom. The normalized spacial score (nSPS) is 11.6. The Morgan fingerprint density at radius 1 is 1.00 bits per heavy atom. The second kappa shape index (κ2) is 5.36. The molecule has 3 nitrogen and oxygen atoms in total. The van der Waals surface area contributed by atoms with Crippen molar-refractivity contribution in [3.8, 4) is 0 Å². The third-order valence-electron chi connectivity index (χ3n) is 1.41. The quantitative estimate of drug-likeness (QED) is 0.561. The minimum atomic E-state index is -4.20. The lowest BCUT2D eigenvalue weighted by molar-refractivity contribution is 0.492. The van der Waals surface area contributed by atoms with Crippen LogP contribution < -0.4 is 0 Å². The maximum absolute atomic E-state index is 10.7. The van der Waals surface area contributed by atoms with E-state index in [0.29, 0.717) is 5.57 Å². The first-order valence-electron chi connectivity index (χ1n) is 3.72. The van der Waals surface area contributed by atoms with Crippen LogP contribution >= 0.6 is 0 Å². The predicted octanol–water partition coefficient (Wildman–Crippen LogP) is 2.24. The molecule has 4 heteroatoms. The fourth-order valence-electron chi connectivity index (χ4n) is 0.657. The Kier molecular flexibility index (Phi) is 4.83. The average molecular weight is 212 g/mol. The summed E-state index contributed by atoms with van der Waals surface area (Å²) in [6.45, 7) is 10.3. The first kappa shape index (κ1) is 12.6. The van der Waals surface area contributed by atoms with Gasteiger partial charge in [-0.25, -0.2) is 0 Å². The van der Waals surface area contributed by atoms with E-state index >= 15 is 0 Å². The highest BCUT2D eigenvalue weighted by atomic mass is 32.2. The van der Waals surface area contributed by atoms with Gasteiger partial charge in [-0.3, -0.25) is 4.55 Å². The summed E-state index contributed by atoms with van der Waals surface area (Å²) in [5.74, 6) is 0. The minimum Gasteiger partial charge on any atom is -0.282 e. The van der Waals surface area contributed by atoms with E-state index in [1.165, 1.54) is 24.3 Å². The van der Waals surface area contributed by atoms with Crippen molar-refractivity contribution in [3.63, 3.8) is 0 Å². The fraction of sp³-hybridized carbons (Fsp3) is 0. The van der Waals surface area contributed by atoms with Gasteiger partial charge in [-0.05, 0) is 17.7 Å². The van der Waals surface area contributed by atoms with Crippen LogP contribution in [0.25, 0.3) is 0 Å². The molecule has 0 bridgehead atoms. The van der Waals surface area contributed by atoms with E-state index in [9.17, 15) is 8.42 Å². The van der Waals surface area contributed by atoms with Gasteiger partial charge in [0.15, 0.2) is 0 Å². The first-order chi connectivity index (χ1) is 6.45. The number of rotatable bonds is 5. The van der Waals surface area contributed by atoms with Crippen molar-refractivity contribution in [2.45, 2.75) is 0 Å². The molecule has 0 unspecified atom stereocenters. The van der Waals surface area contributed by atoms with Crippen molar-refractivity contribution in [2.75, 3.05) is 0 Å². The van der Waals surface area contributed by atoms with E-state index in [2.05, 4.69) is 19.7 Å². The van der Waals surface area contributed by atoms with E-state index in [0.717, 1.165) is 6.08 Å². The van der Waals surface area contributed by atoms with E-state index in [1.54, 1.807) is 0 Å². The van der Waals surface area contributed by atoms with Crippen molar-refractivity contribution in [1.82, 2.24) is 0 Å². The highest BCUT2D eigenvalue weighted by molar-refractivity contribution is 7.90. The van der Waals surface area contributed by atoms with Crippen LogP contribution in [0.4, 0.5) is 0 Å². The molecule has 0 atom stereocenters. The maximum atomic E-state index is 10.7. The zero-order valence-electron chi connectivity index (χ0n) is 7.68. The van der Waals surface area contributed by atoms with Crippen molar-refractivity contribution < 1.29 is 13.0 Å². The topological polar surface area (TPSA) is 54.4 Å². The van der Waals surface area contributed by atoms with Gasteiger partial charge >= 0.3 is 0 Å². The molecule has 0 aliphatic heterocycles. The van der Waals surface area contributed by atoms with Gasteiger partial charge in [0.2, 0.25) is 0 Å². The Hall–Kier alpha value is -1.39. The highest BCUT2D eigenvalue weighted by Crippen LogP contribution is 2.07. The molecule has 14 heavy (non-hydrogen) atoms. The predicted molar refractivity (Wildman–Crippen MR) is 58.3 cm³/mol. The molecule has 0 aromatic carbocycles. The molecule has 76 valence electrons. The smallest absolute Gasteiger partial charge is 0.282 e. The summed E-state index contributed by atoms with van der Waals surface area (Å²) < 4.78 is 30.1. The van der Waals surface area contributed by atoms with E-state index in [4.69, 9.17) is 4.55 Å². The average Bonchev–Trinajstić information content (AvgIpc) is 2.10. The maximum Gasteiger partial charge on any atom is 0.294 e. The summed E-state index contributed by atoms with van der Waals surface area (Å²) in [4.78, 5) is -0.265. The SMILES string of the molecule is C=CC(C=C)=C/C=C(\C=C)S(=O)(=O)O. The van der Waals surface area contributed by atoms with Crippen molar-refractivity contribution >= 4 is 10.1 Å². The third kappa shape index (κ3) is 4.02. The summed E-state index contributed by atoms with van der Waals surface area (Å²) in [6.07, 6.45) is 6.75. The molecule has 0 aliphatic rings. The van der Waals surface area contributed by atoms with Gasteiger partial charge in [-0.1, -0.05) is 38.0 Å². The van der Waals surface area contributed by atoms with Crippen LogP contribution in [-0.4, -0.2) is 13.0 Å². The van der Waals surface area contributed by atoms with E-state index < -0.39 is 10.1 Å². The summed E-state index contributed by atoms with van der Waals surface area (Å²) in [5, 5.41) is 0. The van der Waals surface area contributed by atoms with Crippen LogP contribution in [0, 0.1) is 0 Å². The molecule has 0 amide bonds. The standard InChI is InChI=1S/C10H12O3S/c1-4-9(5-2)7-8-10(6-3)14(11,12)13/h4-8H,1-3H2,(H,11,12,13)/b10-8+. The molecule has 0 heterocycles. The zero-order valence-corrected chi connectivity index (χ0v) is 8.50. The lowest BCUT2D eigenvalue weighted by Gasteiger charge is -1.94. The van der Waals surface area contributed by atoms with Gasteiger partial charge in [0.05, 0.1) is 4.91 Å². The molecule has 0 saturated heterocycles. The second-order valence-corrected chi connectivity index (χ2v) is 3.74. The molecule has 0 aromatic rings. The van der Waals surface area contributed by atoms with Gasteiger partial charge in [-0.2, -0.15) is 8.42 Å². The van der Waals surface area contributed by atoms with Gasteiger partial charge in [0.1, 0.15) is 0 Å². The molecule has 0 rings (SSSR count). The van der Waals surface area contributed by atoms with Gasteiger partial charge in [0, 0.05) is 0 Å². The van der Waals surface area contributed by atoms with Crippen LogP contribution in [0.3, 0.4) is 0 Å². The number of hydrogen-bond donors (Lipinski definition) is 1. The Bertz CT molecular complexity index is 387. The largest absolute Gasteiger partial charge is 0.294 e. The Labute approximate surface area is 84.2 Å². The lowest BCUT2D eigenvalue weighted by atomic mass is 10.2. The summed E-state index contributed by atoms with van der Waals surface area (Å²) in [7, 11) is -4.20. The Balaban J connectivity index is 5.17. The Morgan fingerprint density at radius 2 is 1.50 bits per heavy atom. The molecular weight excluding hydrogens is 200 g/mol. The minimum absolute atomic E-state index is 0.265. The van der Waals surface area contributed by atoms with Crippen molar-refractivity contribution in [2.24, 2.45) is 0 Å². The third-order valence-corrected chi connectivity index (χ3v) is 2.31. The van der Waals surface area contributed by atoms with E-state index in [-0.39, 0.29) is 4.91 Å².